The van der Waals surface area contributed by atoms with Crippen molar-refractivity contribution in [1.29, 1.82) is 0 Å². The molecule has 1 aliphatic rings. The van der Waals surface area contributed by atoms with E-state index in [9.17, 15) is 9.59 Å². The topological polar surface area (TPSA) is 81.4 Å². The highest BCUT2D eigenvalue weighted by Crippen LogP contribution is 2.29. The fourth-order valence-corrected chi connectivity index (χ4v) is 3.71. The third-order valence-electron chi connectivity index (χ3n) is 5.22. The van der Waals surface area contributed by atoms with E-state index in [1.165, 1.54) is 0 Å². The maximum absolute atomic E-state index is 12.7. The minimum absolute atomic E-state index is 0.110. The Hall–Kier alpha value is -2.82. The Morgan fingerprint density at radius 3 is 2.29 bits per heavy atom. The quantitative estimate of drug-likeness (QED) is 0.793. The van der Waals surface area contributed by atoms with Crippen LogP contribution >= 0.6 is 0 Å². The number of primary amides is 1. The molecule has 5 nitrogen and oxygen atoms in total. The smallest absolute Gasteiger partial charge is 0.252 e. The van der Waals surface area contributed by atoms with Crippen LogP contribution in [0.15, 0.2) is 48.5 Å². The van der Waals surface area contributed by atoms with E-state index in [4.69, 9.17) is 10.5 Å². The molecule has 3 N–H and O–H groups in total. The second kappa shape index (κ2) is 8.46. The fraction of sp³-hybridized carbons (Fsp3) is 0.391. The van der Waals surface area contributed by atoms with Crippen LogP contribution in [0, 0.1) is 0 Å². The highest BCUT2D eigenvalue weighted by molar-refractivity contribution is 5.99. The lowest BCUT2D eigenvalue weighted by Gasteiger charge is -2.35. The van der Waals surface area contributed by atoms with Crippen molar-refractivity contribution in [2.24, 2.45) is 5.73 Å². The summed E-state index contributed by atoms with van der Waals surface area (Å²) in [6.45, 7) is 3.98. The van der Waals surface area contributed by atoms with Gasteiger partial charge in [0.05, 0.1) is 6.10 Å². The Kier molecular flexibility index (Phi) is 6.02. The van der Waals surface area contributed by atoms with Gasteiger partial charge in [0.15, 0.2) is 0 Å². The number of amides is 2. The molecule has 1 aliphatic carbocycles. The molecule has 0 aliphatic heterocycles. The Labute approximate surface area is 166 Å². The molecule has 2 aromatic rings. The van der Waals surface area contributed by atoms with Gasteiger partial charge in [-0.05, 0) is 62.1 Å². The summed E-state index contributed by atoms with van der Waals surface area (Å²) >= 11 is 0. The van der Waals surface area contributed by atoms with Gasteiger partial charge in [-0.1, -0.05) is 43.5 Å². The van der Waals surface area contributed by atoms with Gasteiger partial charge in [0.25, 0.3) is 5.91 Å². The first-order valence-electron chi connectivity index (χ1n) is 9.89. The second-order valence-corrected chi connectivity index (χ2v) is 7.73. The molecule has 0 spiro atoms. The summed E-state index contributed by atoms with van der Waals surface area (Å²) in [4.78, 5) is 24.7. The van der Waals surface area contributed by atoms with Crippen LogP contribution in [0.4, 0.5) is 0 Å². The first kappa shape index (κ1) is 19.9. The third-order valence-corrected chi connectivity index (χ3v) is 5.22. The van der Waals surface area contributed by atoms with E-state index in [1.54, 1.807) is 12.1 Å². The Morgan fingerprint density at radius 2 is 1.68 bits per heavy atom. The molecule has 1 saturated carbocycles. The largest absolute Gasteiger partial charge is 0.491 e. The SMILES string of the molecule is CC(C)Oc1cccc(-c2ccc(C(=O)NC3(C(N)=O)CCCCC3)cc2)c1. The second-order valence-electron chi connectivity index (χ2n) is 7.73. The predicted molar refractivity (Wildman–Crippen MR) is 110 cm³/mol. The average molecular weight is 380 g/mol. The Balaban J connectivity index is 1.75. The molecule has 2 amide bonds. The number of hydrogen-bond donors (Lipinski definition) is 2. The van der Waals surface area contributed by atoms with E-state index in [1.807, 2.05) is 50.2 Å². The monoisotopic (exact) mass is 380 g/mol. The Morgan fingerprint density at radius 1 is 1.00 bits per heavy atom. The Bertz CT molecular complexity index is 837. The number of nitrogens with two attached hydrogens (primary N) is 1. The minimum atomic E-state index is -0.920. The van der Waals surface area contributed by atoms with Crippen molar-refractivity contribution in [2.75, 3.05) is 0 Å². The van der Waals surface area contributed by atoms with Gasteiger partial charge in [0, 0.05) is 5.56 Å². The molecule has 0 aromatic heterocycles. The number of ether oxygens (including phenoxy) is 1. The van der Waals surface area contributed by atoms with Gasteiger partial charge in [-0.25, -0.2) is 0 Å². The molecule has 5 heteroatoms. The number of hydrogen-bond acceptors (Lipinski definition) is 3. The summed E-state index contributed by atoms with van der Waals surface area (Å²) in [6, 6.07) is 15.2. The van der Waals surface area contributed by atoms with E-state index in [0.29, 0.717) is 18.4 Å². The molecular formula is C23H28N2O3. The van der Waals surface area contributed by atoms with E-state index < -0.39 is 11.4 Å². The molecule has 148 valence electrons. The lowest BCUT2D eigenvalue weighted by molar-refractivity contribution is -0.125. The molecule has 2 aromatic carbocycles. The molecule has 0 radical (unpaired) electrons. The first-order valence-corrected chi connectivity index (χ1v) is 9.89. The van der Waals surface area contributed by atoms with Crippen LogP contribution in [0.2, 0.25) is 0 Å². The maximum Gasteiger partial charge on any atom is 0.252 e. The fourth-order valence-electron chi connectivity index (χ4n) is 3.71. The van der Waals surface area contributed by atoms with Crippen molar-refractivity contribution in [3.8, 4) is 16.9 Å². The molecule has 0 unspecified atom stereocenters. The van der Waals surface area contributed by atoms with Crippen LogP contribution in [-0.4, -0.2) is 23.5 Å². The summed E-state index contributed by atoms with van der Waals surface area (Å²) < 4.78 is 5.75. The highest BCUT2D eigenvalue weighted by atomic mass is 16.5. The molecule has 0 saturated heterocycles. The maximum atomic E-state index is 12.7. The normalized spacial score (nSPS) is 15.8. The van der Waals surface area contributed by atoms with Crippen molar-refractivity contribution in [2.45, 2.75) is 57.6 Å². The van der Waals surface area contributed by atoms with Gasteiger partial charge in [-0.3, -0.25) is 9.59 Å². The van der Waals surface area contributed by atoms with Crippen LogP contribution in [-0.2, 0) is 4.79 Å². The van der Waals surface area contributed by atoms with Crippen LogP contribution in [0.25, 0.3) is 11.1 Å². The van der Waals surface area contributed by atoms with Crippen molar-refractivity contribution in [3.63, 3.8) is 0 Å². The zero-order valence-corrected chi connectivity index (χ0v) is 16.5. The summed E-state index contributed by atoms with van der Waals surface area (Å²) in [5.41, 5.74) is 7.22. The van der Waals surface area contributed by atoms with Crippen LogP contribution < -0.4 is 15.8 Å². The van der Waals surface area contributed by atoms with Gasteiger partial charge >= 0.3 is 0 Å². The highest BCUT2D eigenvalue weighted by Gasteiger charge is 2.39. The molecule has 0 heterocycles. The van der Waals surface area contributed by atoms with Gasteiger partial charge in [-0.15, -0.1) is 0 Å². The molecule has 1 fully saturated rings. The van der Waals surface area contributed by atoms with Crippen molar-refractivity contribution in [3.05, 3.63) is 54.1 Å². The van der Waals surface area contributed by atoms with E-state index >= 15 is 0 Å². The van der Waals surface area contributed by atoms with E-state index in [-0.39, 0.29) is 12.0 Å². The van der Waals surface area contributed by atoms with Crippen LogP contribution in [0.5, 0.6) is 5.75 Å². The van der Waals surface area contributed by atoms with Crippen molar-refractivity contribution >= 4 is 11.8 Å². The molecule has 0 bridgehead atoms. The van der Waals surface area contributed by atoms with Crippen molar-refractivity contribution in [1.82, 2.24) is 5.32 Å². The predicted octanol–water partition coefficient (Wildman–Crippen LogP) is 4.06. The summed E-state index contributed by atoms with van der Waals surface area (Å²) in [7, 11) is 0. The summed E-state index contributed by atoms with van der Waals surface area (Å²) in [5, 5.41) is 2.90. The summed E-state index contributed by atoms with van der Waals surface area (Å²) in [6.07, 6.45) is 4.19. The zero-order valence-electron chi connectivity index (χ0n) is 16.5. The van der Waals surface area contributed by atoms with Gasteiger partial charge < -0.3 is 15.8 Å². The standard InChI is InChI=1S/C23H28N2O3/c1-16(2)28-20-8-6-7-19(15-20)17-9-11-18(12-10-17)21(26)25-23(22(24)27)13-4-3-5-14-23/h6-12,15-16H,3-5,13-14H2,1-2H3,(H2,24,27)(H,25,26). The first-order chi connectivity index (χ1) is 13.4. The number of rotatable bonds is 6. The lowest BCUT2D eigenvalue weighted by Crippen LogP contribution is -2.58. The molecule has 28 heavy (non-hydrogen) atoms. The minimum Gasteiger partial charge on any atom is -0.491 e. The van der Waals surface area contributed by atoms with Gasteiger partial charge in [0.2, 0.25) is 5.91 Å². The number of carbonyl (C=O) groups excluding carboxylic acids is 2. The number of nitrogens with one attached hydrogen (secondary N) is 1. The van der Waals surface area contributed by atoms with E-state index in [2.05, 4.69) is 5.32 Å². The lowest BCUT2D eigenvalue weighted by atomic mass is 9.81. The third kappa shape index (κ3) is 4.53. The van der Waals surface area contributed by atoms with Crippen LogP contribution in [0.1, 0.15) is 56.3 Å². The van der Waals surface area contributed by atoms with Crippen molar-refractivity contribution < 1.29 is 14.3 Å². The van der Waals surface area contributed by atoms with E-state index in [0.717, 1.165) is 36.1 Å². The van der Waals surface area contributed by atoms with Gasteiger partial charge in [0.1, 0.15) is 11.3 Å². The molecule has 3 rings (SSSR count). The number of benzene rings is 2. The zero-order chi connectivity index (χ0) is 20.1. The number of carbonyl (C=O) groups is 2. The average Bonchev–Trinajstić information content (AvgIpc) is 2.68. The summed E-state index contributed by atoms with van der Waals surface area (Å²) in [5.74, 6) is 0.110. The molecule has 0 atom stereocenters. The van der Waals surface area contributed by atoms with Gasteiger partial charge in [-0.2, -0.15) is 0 Å². The molecular weight excluding hydrogens is 352 g/mol. The van der Waals surface area contributed by atoms with Crippen LogP contribution in [0.3, 0.4) is 0 Å².